The van der Waals surface area contributed by atoms with Crippen molar-refractivity contribution in [1.82, 2.24) is 9.97 Å². The van der Waals surface area contributed by atoms with Crippen LogP contribution in [0.3, 0.4) is 0 Å². The molecule has 6 nitrogen and oxygen atoms in total. The van der Waals surface area contributed by atoms with Gasteiger partial charge in [-0.1, -0.05) is 18.2 Å². The highest BCUT2D eigenvalue weighted by Crippen LogP contribution is 2.16. The number of aromatic nitrogens is 2. The van der Waals surface area contributed by atoms with E-state index in [1.54, 1.807) is 6.07 Å². The number of benzene rings is 1. The Morgan fingerprint density at radius 3 is 2.58 bits per heavy atom. The monoisotopic (exact) mass is 259 g/mol. The maximum absolute atomic E-state index is 5.40. The van der Waals surface area contributed by atoms with Crippen molar-refractivity contribution in [3.05, 3.63) is 42.2 Å². The maximum atomic E-state index is 5.40. The molecule has 0 aliphatic heterocycles. The lowest BCUT2D eigenvalue weighted by molar-refractivity contribution is 0.128. The van der Waals surface area contributed by atoms with Gasteiger partial charge in [0.1, 0.15) is 18.2 Å². The lowest BCUT2D eigenvalue weighted by atomic mass is 10.3. The van der Waals surface area contributed by atoms with Crippen molar-refractivity contribution in [2.24, 2.45) is 5.84 Å². The van der Waals surface area contributed by atoms with Gasteiger partial charge in [0.2, 0.25) is 0 Å². The largest absolute Gasteiger partial charge is 0.374 e. The zero-order valence-electron chi connectivity index (χ0n) is 10.8. The summed E-state index contributed by atoms with van der Waals surface area (Å²) in [5.74, 6) is 7.19. The van der Waals surface area contributed by atoms with Gasteiger partial charge in [-0.15, -0.1) is 0 Å². The zero-order valence-corrected chi connectivity index (χ0v) is 10.8. The summed E-state index contributed by atoms with van der Waals surface area (Å²) in [6, 6.07) is 11.5. The maximum Gasteiger partial charge on any atom is 0.158 e. The predicted octanol–water partition coefficient (Wildman–Crippen LogP) is 2.04. The number of nitrogens with zero attached hydrogens (tertiary/aromatic N) is 2. The van der Waals surface area contributed by atoms with Crippen molar-refractivity contribution >= 4 is 17.3 Å². The summed E-state index contributed by atoms with van der Waals surface area (Å²) in [6.45, 7) is 2.90. The van der Waals surface area contributed by atoms with E-state index in [2.05, 4.69) is 20.7 Å². The van der Waals surface area contributed by atoms with Gasteiger partial charge in [-0.3, -0.25) is 0 Å². The predicted molar refractivity (Wildman–Crippen MR) is 74.9 cm³/mol. The number of rotatable bonds is 6. The summed E-state index contributed by atoms with van der Waals surface area (Å²) < 4.78 is 5.30. The first-order valence-electron chi connectivity index (χ1n) is 6.06. The first-order valence-corrected chi connectivity index (χ1v) is 6.06. The Labute approximate surface area is 112 Å². The average Bonchev–Trinajstić information content (AvgIpc) is 2.46. The van der Waals surface area contributed by atoms with E-state index in [9.17, 15) is 0 Å². The van der Waals surface area contributed by atoms with E-state index in [0.29, 0.717) is 30.7 Å². The molecule has 1 heterocycles. The van der Waals surface area contributed by atoms with Gasteiger partial charge < -0.3 is 15.5 Å². The summed E-state index contributed by atoms with van der Waals surface area (Å²) in [7, 11) is 0. The molecule has 1 aromatic heterocycles. The van der Waals surface area contributed by atoms with Crippen molar-refractivity contribution in [2.45, 2.75) is 13.5 Å². The molecular formula is C13H17N5O. The van der Waals surface area contributed by atoms with Gasteiger partial charge in [-0.2, -0.15) is 0 Å². The molecule has 2 rings (SSSR count). The number of nitrogens with two attached hydrogens (primary N) is 1. The summed E-state index contributed by atoms with van der Waals surface area (Å²) in [4.78, 5) is 8.59. The van der Waals surface area contributed by atoms with Gasteiger partial charge in [0, 0.05) is 18.4 Å². The highest BCUT2D eigenvalue weighted by Gasteiger charge is 2.04. The molecule has 1 aromatic carbocycles. The fourth-order valence-electron chi connectivity index (χ4n) is 1.56. The van der Waals surface area contributed by atoms with Gasteiger partial charge in [-0.05, 0) is 19.1 Å². The Morgan fingerprint density at radius 1 is 1.16 bits per heavy atom. The molecule has 0 aliphatic carbocycles. The number of hydrazine groups is 1. The fourth-order valence-corrected chi connectivity index (χ4v) is 1.56. The van der Waals surface area contributed by atoms with Gasteiger partial charge in [0.15, 0.2) is 5.82 Å². The van der Waals surface area contributed by atoms with Crippen LogP contribution in [0, 0.1) is 0 Å². The molecule has 0 radical (unpaired) electrons. The number of para-hydroxylation sites is 1. The number of nitrogens with one attached hydrogen (secondary N) is 2. The SMILES string of the molecule is CCOCc1nc(NN)cc(Nc2ccccc2)n1. The van der Waals surface area contributed by atoms with Crippen LogP contribution >= 0.6 is 0 Å². The summed E-state index contributed by atoms with van der Waals surface area (Å²) in [5, 5.41) is 3.19. The van der Waals surface area contributed by atoms with Crippen molar-refractivity contribution < 1.29 is 4.74 Å². The second kappa shape index (κ2) is 6.67. The Kier molecular flexibility index (Phi) is 4.66. The average molecular weight is 259 g/mol. The van der Waals surface area contributed by atoms with Crippen LogP contribution in [-0.2, 0) is 11.3 Å². The number of hydrogen-bond acceptors (Lipinski definition) is 6. The Bertz CT molecular complexity index is 518. The topological polar surface area (TPSA) is 85.1 Å². The first-order chi connectivity index (χ1) is 9.31. The van der Waals surface area contributed by atoms with E-state index in [0.717, 1.165) is 5.69 Å². The summed E-state index contributed by atoms with van der Waals surface area (Å²) in [6.07, 6.45) is 0. The molecule has 4 N–H and O–H groups in total. The minimum atomic E-state index is 0.357. The van der Waals surface area contributed by atoms with Crippen LogP contribution in [0.25, 0.3) is 0 Å². The second-order valence-electron chi connectivity index (χ2n) is 3.83. The molecule has 0 unspecified atom stereocenters. The van der Waals surface area contributed by atoms with Crippen LogP contribution in [-0.4, -0.2) is 16.6 Å². The first kappa shape index (κ1) is 13.3. The van der Waals surface area contributed by atoms with Crippen LogP contribution in [0.5, 0.6) is 0 Å². The highest BCUT2D eigenvalue weighted by molar-refractivity contribution is 5.58. The van der Waals surface area contributed by atoms with Crippen molar-refractivity contribution in [3.8, 4) is 0 Å². The third-order valence-corrected chi connectivity index (χ3v) is 2.40. The molecule has 0 saturated carbocycles. The Balaban J connectivity index is 2.19. The summed E-state index contributed by atoms with van der Waals surface area (Å²) >= 11 is 0. The molecule has 0 spiro atoms. The van der Waals surface area contributed by atoms with Gasteiger partial charge in [0.25, 0.3) is 0 Å². The Hall–Kier alpha value is -2.18. The van der Waals surface area contributed by atoms with E-state index >= 15 is 0 Å². The smallest absolute Gasteiger partial charge is 0.158 e. The number of nitrogen functional groups attached to an aromatic ring is 1. The van der Waals surface area contributed by atoms with Crippen LogP contribution in [0.1, 0.15) is 12.7 Å². The quantitative estimate of drug-likeness (QED) is 0.544. The minimum absolute atomic E-state index is 0.357. The van der Waals surface area contributed by atoms with Gasteiger partial charge >= 0.3 is 0 Å². The summed E-state index contributed by atoms with van der Waals surface area (Å²) in [5.41, 5.74) is 3.47. The van der Waals surface area contributed by atoms with Gasteiger partial charge in [-0.25, -0.2) is 15.8 Å². The molecule has 0 saturated heterocycles. The standard InChI is InChI=1S/C13H17N5O/c1-2-19-9-13-16-11(8-12(17-13)18-14)15-10-6-4-3-5-7-10/h3-8H,2,9,14H2,1H3,(H2,15,16,17,18). The molecule has 0 atom stereocenters. The molecule has 19 heavy (non-hydrogen) atoms. The number of anilines is 3. The molecule has 0 fully saturated rings. The fraction of sp³-hybridized carbons (Fsp3) is 0.231. The van der Waals surface area contributed by atoms with Crippen LogP contribution in [0.4, 0.5) is 17.3 Å². The third kappa shape index (κ3) is 3.90. The molecule has 0 aliphatic rings. The molecule has 2 aromatic rings. The second-order valence-corrected chi connectivity index (χ2v) is 3.83. The third-order valence-electron chi connectivity index (χ3n) is 2.40. The van der Waals surface area contributed by atoms with E-state index < -0.39 is 0 Å². The normalized spacial score (nSPS) is 10.2. The number of ether oxygens (including phenoxy) is 1. The lowest BCUT2D eigenvalue weighted by Gasteiger charge is -2.09. The van der Waals surface area contributed by atoms with Crippen molar-refractivity contribution in [3.63, 3.8) is 0 Å². The minimum Gasteiger partial charge on any atom is -0.374 e. The van der Waals surface area contributed by atoms with Crippen LogP contribution in [0.15, 0.2) is 36.4 Å². The van der Waals surface area contributed by atoms with E-state index in [1.807, 2.05) is 37.3 Å². The lowest BCUT2D eigenvalue weighted by Crippen LogP contribution is -2.12. The van der Waals surface area contributed by atoms with E-state index in [4.69, 9.17) is 10.6 Å². The van der Waals surface area contributed by atoms with E-state index in [-0.39, 0.29) is 0 Å². The van der Waals surface area contributed by atoms with Crippen LogP contribution in [0.2, 0.25) is 0 Å². The molecule has 100 valence electrons. The molecule has 6 heteroatoms. The van der Waals surface area contributed by atoms with E-state index in [1.165, 1.54) is 0 Å². The molecule has 0 amide bonds. The molecule has 0 bridgehead atoms. The van der Waals surface area contributed by atoms with Crippen LogP contribution < -0.4 is 16.6 Å². The molecular weight excluding hydrogens is 242 g/mol. The Morgan fingerprint density at radius 2 is 1.89 bits per heavy atom. The highest BCUT2D eigenvalue weighted by atomic mass is 16.5. The number of hydrogen-bond donors (Lipinski definition) is 3. The zero-order chi connectivity index (χ0) is 13.5. The van der Waals surface area contributed by atoms with Gasteiger partial charge in [0.05, 0.1) is 0 Å². The van der Waals surface area contributed by atoms with Crippen molar-refractivity contribution in [1.29, 1.82) is 0 Å². The van der Waals surface area contributed by atoms with Crippen molar-refractivity contribution in [2.75, 3.05) is 17.3 Å².